The fourth-order valence-corrected chi connectivity index (χ4v) is 10.3. The number of hydrogen-bond donors (Lipinski definition) is 0. The molecular weight excluding hydrogens is 661 g/mol. The van der Waals surface area contributed by atoms with Crippen molar-refractivity contribution in [3.8, 4) is 0 Å². The van der Waals surface area contributed by atoms with Gasteiger partial charge in [-0.05, 0) is 67.1 Å². The summed E-state index contributed by atoms with van der Waals surface area (Å²) in [4.78, 5) is 0. The minimum Gasteiger partial charge on any atom is -0.0654 e. The van der Waals surface area contributed by atoms with Crippen LogP contribution in [-0.4, -0.2) is 0 Å². The van der Waals surface area contributed by atoms with Crippen LogP contribution in [0.3, 0.4) is 0 Å². The highest BCUT2D eigenvalue weighted by Crippen LogP contribution is 2.56. The highest BCUT2D eigenvalue weighted by Gasteiger charge is 2.43. The molecule has 0 saturated heterocycles. The van der Waals surface area contributed by atoms with Crippen molar-refractivity contribution in [1.82, 2.24) is 0 Å². The molecule has 0 nitrogen and oxygen atoms in total. The minimum absolute atomic E-state index is 0.748. The molecule has 330 valence electrons. The van der Waals surface area contributed by atoms with E-state index >= 15 is 0 Å². The summed E-state index contributed by atoms with van der Waals surface area (Å²) in [6, 6.07) is 0. The molecule has 0 aromatic carbocycles. The van der Waals surface area contributed by atoms with Gasteiger partial charge in [-0.15, -0.1) is 0 Å². The number of rotatable bonds is 45. The smallest absolute Gasteiger partial charge is 0.0294 e. The van der Waals surface area contributed by atoms with Gasteiger partial charge in [-0.3, -0.25) is 0 Å². The first-order chi connectivity index (χ1) is 26.9. The Hall–Kier alpha value is 0. The maximum absolute atomic E-state index is 2.56. The predicted molar refractivity (Wildman–Crippen MR) is 254 cm³/mol. The highest BCUT2D eigenvalue weighted by molar-refractivity contribution is 4.95. The lowest BCUT2D eigenvalue weighted by atomic mass is 9.75. The van der Waals surface area contributed by atoms with Crippen molar-refractivity contribution in [2.75, 3.05) is 0 Å². The number of unbranched alkanes of at least 4 members (excludes halogenated alkanes) is 30. The van der Waals surface area contributed by atoms with E-state index in [2.05, 4.69) is 48.5 Å². The third-order valence-electron chi connectivity index (χ3n) is 15.0. The molecule has 4 unspecified atom stereocenters. The molecule has 0 bridgehead atoms. The first-order valence-electron chi connectivity index (χ1n) is 26.9. The monoisotopic (exact) mass is 771 g/mol. The van der Waals surface area contributed by atoms with Gasteiger partial charge in [0, 0.05) is 0 Å². The summed E-state index contributed by atoms with van der Waals surface area (Å²) in [6.07, 6.45) is 62.5. The lowest BCUT2D eigenvalue weighted by Gasteiger charge is -2.30. The molecule has 55 heavy (non-hydrogen) atoms. The molecule has 0 aromatic rings. The molecular formula is C55H110. The van der Waals surface area contributed by atoms with Crippen molar-refractivity contribution < 1.29 is 0 Å². The summed E-state index contributed by atoms with van der Waals surface area (Å²) < 4.78 is 0. The van der Waals surface area contributed by atoms with Gasteiger partial charge < -0.3 is 0 Å². The molecule has 0 heteroatoms. The van der Waals surface area contributed by atoms with Crippen LogP contribution in [0.1, 0.15) is 318 Å². The maximum Gasteiger partial charge on any atom is -0.0294 e. The molecule has 1 aliphatic carbocycles. The van der Waals surface area contributed by atoms with Gasteiger partial charge in [0.05, 0.1) is 0 Å². The second kappa shape index (κ2) is 38.2. The van der Waals surface area contributed by atoms with Crippen LogP contribution in [0.4, 0.5) is 0 Å². The van der Waals surface area contributed by atoms with Gasteiger partial charge in [0.25, 0.3) is 0 Å². The Morgan fingerprint density at radius 1 is 0.364 bits per heavy atom. The van der Waals surface area contributed by atoms with E-state index in [0.717, 1.165) is 35.0 Å². The second-order valence-electron chi connectivity index (χ2n) is 20.8. The fraction of sp³-hybridized carbons (Fsp3) is 1.00. The Labute approximate surface area is 351 Å². The molecule has 0 aromatic heterocycles. The van der Waals surface area contributed by atoms with Crippen molar-refractivity contribution in [2.45, 2.75) is 318 Å². The molecule has 4 atom stereocenters. The molecule has 1 fully saturated rings. The highest BCUT2D eigenvalue weighted by atomic mass is 14.5. The summed E-state index contributed by atoms with van der Waals surface area (Å²) in [5.74, 6) is 4.64. The van der Waals surface area contributed by atoms with E-state index in [0.29, 0.717) is 0 Å². The Morgan fingerprint density at radius 2 is 0.691 bits per heavy atom. The lowest BCUT2D eigenvalue weighted by Crippen LogP contribution is -2.19. The zero-order valence-electron chi connectivity index (χ0n) is 40.1. The van der Waals surface area contributed by atoms with E-state index < -0.39 is 0 Å². The van der Waals surface area contributed by atoms with Crippen LogP contribution in [0.15, 0.2) is 0 Å². The van der Waals surface area contributed by atoms with Crippen molar-refractivity contribution >= 4 is 0 Å². The quantitative estimate of drug-likeness (QED) is 0.0541. The van der Waals surface area contributed by atoms with Crippen molar-refractivity contribution in [2.24, 2.45) is 35.0 Å². The average Bonchev–Trinajstić information content (AvgIpc) is 3.95. The molecule has 0 amide bonds. The van der Waals surface area contributed by atoms with Crippen molar-refractivity contribution in [1.29, 1.82) is 0 Å². The standard InChI is InChI=1S/C55H110/c1-8-11-13-15-17-19-21-22-23-24-25-26-27-28-29-31-33-35-37-39-44-54(43-38-36-34-32-30-20-18-16-14-12-9-2)53(10-3)49-55(46-47-55)45-41-40-42-51(6)48-52(7)50(4)5/h50-54H,8-49H2,1-7H3. The van der Waals surface area contributed by atoms with Gasteiger partial charge in [0.1, 0.15) is 0 Å². The fourth-order valence-electron chi connectivity index (χ4n) is 10.3. The SMILES string of the molecule is CCCCCCCCCCCCCCCCCCCCCCC(CCCCCCCCCCCCC)C(CC)CC1(CCCCC(C)CC(C)C(C)C)CC1. The van der Waals surface area contributed by atoms with E-state index in [4.69, 9.17) is 0 Å². The second-order valence-corrected chi connectivity index (χ2v) is 20.8. The van der Waals surface area contributed by atoms with Crippen LogP contribution in [0.25, 0.3) is 0 Å². The summed E-state index contributed by atoms with van der Waals surface area (Å²) in [7, 11) is 0. The first-order valence-corrected chi connectivity index (χ1v) is 26.9. The van der Waals surface area contributed by atoms with Crippen LogP contribution in [-0.2, 0) is 0 Å². The molecule has 1 rings (SSSR count). The summed E-state index contributed by atoms with van der Waals surface area (Å²) >= 11 is 0. The van der Waals surface area contributed by atoms with E-state index in [-0.39, 0.29) is 0 Å². The third kappa shape index (κ3) is 32.5. The third-order valence-corrected chi connectivity index (χ3v) is 15.0. The Bertz CT molecular complexity index is 745. The molecule has 1 aliphatic rings. The summed E-state index contributed by atoms with van der Waals surface area (Å²) in [6.45, 7) is 17.0. The molecule has 0 radical (unpaired) electrons. The van der Waals surface area contributed by atoms with Gasteiger partial charge in [0.15, 0.2) is 0 Å². The Kier molecular flexibility index (Phi) is 36.8. The van der Waals surface area contributed by atoms with E-state index in [9.17, 15) is 0 Å². The van der Waals surface area contributed by atoms with Gasteiger partial charge in [-0.1, -0.05) is 286 Å². The van der Waals surface area contributed by atoms with Gasteiger partial charge in [0.2, 0.25) is 0 Å². The molecule has 0 aliphatic heterocycles. The Morgan fingerprint density at radius 3 is 1.00 bits per heavy atom. The van der Waals surface area contributed by atoms with Crippen LogP contribution >= 0.6 is 0 Å². The molecule has 0 heterocycles. The minimum atomic E-state index is 0.748. The van der Waals surface area contributed by atoms with Crippen LogP contribution in [0, 0.1) is 35.0 Å². The van der Waals surface area contributed by atoms with Crippen LogP contribution in [0.2, 0.25) is 0 Å². The Balaban J connectivity index is 2.30. The maximum atomic E-state index is 2.56. The van der Waals surface area contributed by atoms with Crippen LogP contribution < -0.4 is 0 Å². The van der Waals surface area contributed by atoms with Crippen molar-refractivity contribution in [3.63, 3.8) is 0 Å². The van der Waals surface area contributed by atoms with Gasteiger partial charge in [-0.25, -0.2) is 0 Å². The van der Waals surface area contributed by atoms with Gasteiger partial charge >= 0.3 is 0 Å². The van der Waals surface area contributed by atoms with E-state index in [1.54, 1.807) is 25.7 Å². The largest absolute Gasteiger partial charge is 0.0654 e. The molecule has 0 N–H and O–H groups in total. The zero-order chi connectivity index (χ0) is 40.1. The number of hydrogen-bond acceptors (Lipinski definition) is 0. The topological polar surface area (TPSA) is 0 Å². The molecule has 0 spiro atoms. The lowest BCUT2D eigenvalue weighted by molar-refractivity contribution is 0.206. The van der Waals surface area contributed by atoms with E-state index in [1.165, 1.54) is 244 Å². The van der Waals surface area contributed by atoms with Crippen molar-refractivity contribution in [3.05, 3.63) is 0 Å². The molecule has 1 saturated carbocycles. The average molecular weight is 771 g/mol. The normalized spacial score (nSPS) is 16.1. The first kappa shape index (κ1) is 53.0. The summed E-state index contributed by atoms with van der Waals surface area (Å²) in [5.41, 5.74) is 0.748. The zero-order valence-corrected chi connectivity index (χ0v) is 40.1. The van der Waals surface area contributed by atoms with E-state index in [1.807, 2.05) is 0 Å². The van der Waals surface area contributed by atoms with Crippen LogP contribution in [0.5, 0.6) is 0 Å². The van der Waals surface area contributed by atoms with Gasteiger partial charge in [-0.2, -0.15) is 0 Å². The summed E-state index contributed by atoms with van der Waals surface area (Å²) in [5, 5.41) is 0. The predicted octanol–water partition coefficient (Wildman–Crippen LogP) is 20.6.